The quantitative estimate of drug-likeness (QED) is 0.303. The lowest BCUT2D eigenvalue weighted by molar-refractivity contribution is -0.122. The van der Waals surface area contributed by atoms with Crippen LogP contribution >= 0.6 is 24.0 Å². The first-order valence-corrected chi connectivity index (χ1v) is 5.74. The Morgan fingerprint density at radius 2 is 2.00 bits per heavy atom. The molecule has 6 heteroatoms. The van der Waals surface area contributed by atoms with Gasteiger partial charge in [-0.05, 0) is 33.6 Å². The van der Waals surface area contributed by atoms with Crippen molar-refractivity contribution in [3.05, 3.63) is 0 Å². The van der Waals surface area contributed by atoms with Gasteiger partial charge in [-0.2, -0.15) is 0 Å². The van der Waals surface area contributed by atoms with Crippen molar-refractivity contribution in [2.45, 2.75) is 39.2 Å². The van der Waals surface area contributed by atoms with Gasteiger partial charge in [-0.25, -0.2) is 0 Å². The molecule has 5 nitrogen and oxygen atoms in total. The molecule has 0 aromatic heterocycles. The highest BCUT2D eigenvalue weighted by molar-refractivity contribution is 14.0. The molecular weight excluding hydrogens is 331 g/mol. The summed E-state index contributed by atoms with van der Waals surface area (Å²) in [5.41, 5.74) is 5.60. The Kier molecular flexibility index (Phi) is 6.81. The summed E-state index contributed by atoms with van der Waals surface area (Å²) in [5.74, 6) is 0.833. The van der Waals surface area contributed by atoms with Crippen LogP contribution in [0, 0.1) is 5.92 Å². The molecule has 0 atom stereocenters. The minimum absolute atomic E-state index is 0. The van der Waals surface area contributed by atoms with Gasteiger partial charge >= 0.3 is 0 Å². The van der Waals surface area contributed by atoms with Crippen molar-refractivity contribution in [2.24, 2.45) is 16.6 Å². The smallest absolute Gasteiger partial charge is 0.223 e. The number of nitrogens with two attached hydrogens (primary N) is 1. The number of nitrogens with zero attached hydrogens (tertiary/aromatic N) is 1. The molecule has 0 saturated heterocycles. The molecule has 1 fully saturated rings. The third-order valence-corrected chi connectivity index (χ3v) is 2.14. The average molecular weight is 354 g/mol. The van der Waals surface area contributed by atoms with Gasteiger partial charge in [-0.3, -0.25) is 9.79 Å². The van der Waals surface area contributed by atoms with E-state index in [9.17, 15) is 4.79 Å². The number of amides is 1. The molecule has 0 spiro atoms. The molecule has 0 radical (unpaired) electrons. The number of hydrogen-bond donors (Lipinski definition) is 3. The van der Waals surface area contributed by atoms with E-state index in [1.165, 1.54) is 0 Å². The molecule has 1 rings (SSSR count). The van der Waals surface area contributed by atoms with Crippen molar-refractivity contribution < 1.29 is 4.79 Å². The molecule has 0 aromatic rings. The van der Waals surface area contributed by atoms with Crippen LogP contribution in [0.1, 0.15) is 33.6 Å². The summed E-state index contributed by atoms with van der Waals surface area (Å²) in [6.45, 7) is 7.13. The summed E-state index contributed by atoms with van der Waals surface area (Å²) in [6.07, 6.45) is 2.06. The molecule has 1 aliphatic rings. The molecule has 17 heavy (non-hydrogen) atoms. The van der Waals surface area contributed by atoms with E-state index in [1.807, 2.05) is 20.8 Å². The number of carbonyl (C=O) groups excluding carboxylic acids is 1. The first-order valence-electron chi connectivity index (χ1n) is 5.74. The second kappa shape index (κ2) is 7.03. The molecule has 4 N–H and O–H groups in total. The van der Waals surface area contributed by atoms with Crippen molar-refractivity contribution in [1.82, 2.24) is 10.6 Å². The van der Waals surface area contributed by atoms with Crippen LogP contribution in [-0.2, 0) is 4.79 Å². The van der Waals surface area contributed by atoms with Crippen LogP contribution in [0.25, 0.3) is 0 Å². The zero-order valence-electron chi connectivity index (χ0n) is 10.7. The maximum absolute atomic E-state index is 11.3. The Morgan fingerprint density at radius 3 is 2.47 bits per heavy atom. The largest absolute Gasteiger partial charge is 0.370 e. The normalized spacial score (nSPS) is 16.1. The summed E-state index contributed by atoms with van der Waals surface area (Å²) in [6, 6.07) is 0. The van der Waals surface area contributed by atoms with E-state index in [1.54, 1.807) is 0 Å². The fourth-order valence-corrected chi connectivity index (χ4v) is 1.27. The van der Waals surface area contributed by atoms with Crippen LogP contribution in [0.2, 0.25) is 0 Å². The van der Waals surface area contributed by atoms with E-state index in [0.29, 0.717) is 19.0 Å². The molecule has 0 heterocycles. The third-order valence-electron chi connectivity index (χ3n) is 2.14. The molecule has 1 aliphatic carbocycles. The summed E-state index contributed by atoms with van der Waals surface area (Å²) < 4.78 is 0. The van der Waals surface area contributed by atoms with E-state index in [4.69, 9.17) is 5.73 Å². The molecule has 0 unspecified atom stereocenters. The number of aliphatic imine (C=N–C) groups is 1. The highest BCUT2D eigenvalue weighted by Gasteiger charge is 2.28. The Morgan fingerprint density at radius 1 is 1.41 bits per heavy atom. The molecule has 0 bridgehead atoms. The molecule has 1 saturated carbocycles. The van der Waals surface area contributed by atoms with E-state index in [-0.39, 0.29) is 41.3 Å². The fraction of sp³-hybridized carbons (Fsp3) is 0.818. The zero-order valence-corrected chi connectivity index (χ0v) is 13.1. The molecule has 0 aromatic carbocycles. The SMILES string of the molecule is CC(C)(C)NC(N)=NCCNC(=O)C1CC1.I. The van der Waals surface area contributed by atoms with Gasteiger partial charge in [0.2, 0.25) is 5.91 Å². The van der Waals surface area contributed by atoms with Gasteiger partial charge in [0, 0.05) is 18.0 Å². The van der Waals surface area contributed by atoms with Crippen LogP contribution in [-0.4, -0.2) is 30.5 Å². The predicted molar refractivity (Wildman–Crippen MR) is 80.5 cm³/mol. The van der Waals surface area contributed by atoms with Crippen molar-refractivity contribution in [3.8, 4) is 0 Å². The minimum Gasteiger partial charge on any atom is -0.370 e. The van der Waals surface area contributed by atoms with Gasteiger partial charge in [0.25, 0.3) is 0 Å². The van der Waals surface area contributed by atoms with Gasteiger partial charge in [0.05, 0.1) is 6.54 Å². The topological polar surface area (TPSA) is 79.5 Å². The first-order chi connectivity index (χ1) is 7.38. The molecule has 1 amide bonds. The van der Waals surface area contributed by atoms with Crippen molar-refractivity contribution in [3.63, 3.8) is 0 Å². The van der Waals surface area contributed by atoms with E-state index in [0.717, 1.165) is 12.8 Å². The van der Waals surface area contributed by atoms with Crippen molar-refractivity contribution in [1.29, 1.82) is 0 Å². The Labute approximate surface area is 120 Å². The van der Waals surface area contributed by atoms with Gasteiger partial charge in [0.1, 0.15) is 0 Å². The summed E-state index contributed by atoms with van der Waals surface area (Å²) in [7, 11) is 0. The van der Waals surface area contributed by atoms with Crippen molar-refractivity contribution in [2.75, 3.05) is 13.1 Å². The summed E-state index contributed by atoms with van der Waals surface area (Å²) >= 11 is 0. The number of rotatable bonds is 4. The van der Waals surface area contributed by atoms with Gasteiger partial charge in [-0.15, -0.1) is 24.0 Å². The summed E-state index contributed by atoms with van der Waals surface area (Å²) in [4.78, 5) is 15.4. The van der Waals surface area contributed by atoms with E-state index < -0.39 is 0 Å². The number of guanidine groups is 1. The maximum Gasteiger partial charge on any atom is 0.223 e. The predicted octanol–water partition coefficient (Wildman–Crippen LogP) is 0.833. The Balaban J connectivity index is 0.00000256. The lowest BCUT2D eigenvalue weighted by Crippen LogP contribution is -2.45. The number of nitrogens with one attached hydrogen (secondary N) is 2. The second-order valence-electron chi connectivity index (χ2n) is 5.21. The van der Waals surface area contributed by atoms with Gasteiger partial charge in [-0.1, -0.05) is 0 Å². The average Bonchev–Trinajstić information content (AvgIpc) is 2.91. The fourth-order valence-electron chi connectivity index (χ4n) is 1.27. The first kappa shape index (κ1) is 16.5. The number of halogens is 1. The number of hydrogen-bond acceptors (Lipinski definition) is 2. The minimum atomic E-state index is -0.0785. The maximum atomic E-state index is 11.3. The van der Waals surface area contributed by atoms with Gasteiger partial charge < -0.3 is 16.4 Å². The lowest BCUT2D eigenvalue weighted by atomic mass is 10.1. The van der Waals surface area contributed by atoms with Crippen LogP contribution in [0.5, 0.6) is 0 Å². The van der Waals surface area contributed by atoms with Crippen LogP contribution < -0.4 is 16.4 Å². The second-order valence-corrected chi connectivity index (χ2v) is 5.21. The standard InChI is InChI=1S/C11H22N4O.HI/c1-11(2,3)15-10(12)14-7-6-13-9(16)8-4-5-8;/h8H,4-7H2,1-3H3,(H,13,16)(H3,12,14,15);1H. The summed E-state index contributed by atoms with van der Waals surface area (Å²) in [5, 5.41) is 5.89. The molecule has 0 aliphatic heterocycles. The molecular formula is C11H23IN4O. The lowest BCUT2D eigenvalue weighted by Gasteiger charge is -2.20. The van der Waals surface area contributed by atoms with Crippen molar-refractivity contribution >= 4 is 35.8 Å². The number of carbonyl (C=O) groups is 1. The van der Waals surface area contributed by atoms with E-state index >= 15 is 0 Å². The van der Waals surface area contributed by atoms with Crippen LogP contribution in [0.15, 0.2) is 4.99 Å². The zero-order chi connectivity index (χ0) is 12.2. The Bertz CT molecular complexity index is 282. The highest BCUT2D eigenvalue weighted by atomic mass is 127. The third kappa shape index (κ3) is 8.23. The van der Waals surface area contributed by atoms with Crippen LogP contribution in [0.3, 0.4) is 0 Å². The monoisotopic (exact) mass is 354 g/mol. The van der Waals surface area contributed by atoms with E-state index in [2.05, 4.69) is 15.6 Å². The van der Waals surface area contributed by atoms with Gasteiger partial charge in [0.15, 0.2) is 5.96 Å². The van der Waals surface area contributed by atoms with Crippen LogP contribution in [0.4, 0.5) is 0 Å². The Hall–Kier alpha value is -0.530. The molecule has 100 valence electrons. The highest BCUT2D eigenvalue weighted by Crippen LogP contribution is 2.28.